The van der Waals surface area contributed by atoms with Gasteiger partial charge in [-0.3, -0.25) is 4.79 Å². The number of aromatic nitrogens is 2. The number of carboxylic acids is 1. The van der Waals surface area contributed by atoms with Crippen molar-refractivity contribution in [2.24, 2.45) is 0 Å². The Labute approximate surface area is 100 Å². The zero-order valence-electron chi connectivity index (χ0n) is 8.98. The molecule has 0 aliphatic carbocycles. The molecule has 0 radical (unpaired) electrons. The molecular weight excluding hydrogens is 241 g/mol. The van der Waals surface area contributed by atoms with E-state index in [4.69, 9.17) is 5.11 Å². The average Bonchev–Trinajstić information content (AvgIpc) is 2.32. The van der Waals surface area contributed by atoms with E-state index < -0.39 is 22.9 Å². The SMILES string of the molecule is O=C(O)c1ccc(Nc2ncc[nH]c2=O)cc1F. The molecule has 0 amide bonds. The van der Waals surface area contributed by atoms with Crippen LogP contribution in [-0.4, -0.2) is 21.0 Å². The summed E-state index contributed by atoms with van der Waals surface area (Å²) in [4.78, 5) is 28.1. The second-order valence-electron chi connectivity index (χ2n) is 3.39. The molecule has 0 aliphatic rings. The van der Waals surface area contributed by atoms with Crippen LogP contribution in [-0.2, 0) is 0 Å². The van der Waals surface area contributed by atoms with Crippen molar-refractivity contribution in [1.29, 1.82) is 0 Å². The van der Waals surface area contributed by atoms with E-state index in [1.807, 2.05) is 0 Å². The van der Waals surface area contributed by atoms with E-state index in [-0.39, 0.29) is 11.5 Å². The number of nitrogens with zero attached hydrogens (tertiary/aromatic N) is 1. The van der Waals surface area contributed by atoms with Crippen molar-refractivity contribution in [3.8, 4) is 0 Å². The summed E-state index contributed by atoms with van der Waals surface area (Å²) < 4.78 is 13.4. The second kappa shape index (κ2) is 4.66. The van der Waals surface area contributed by atoms with Crippen LogP contribution in [0.1, 0.15) is 10.4 Å². The Bertz CT molecular complexity index is 654. The highest BCUT2D eigenvalue weighted by Gasteiger charge is 2.11. The van der Waals surface area contributed by atoms with Crippen LogP contribution in [0.2, 0.25) is 0 Å². The molecule has 0 unspecified atom stereocenters. The van der Waals surface area contributed by atoms with E-state index in [1.165, 1.54) is 18.5 Å². The first kappa shape index (κ1) is 11.8. The lowest BCUT2D eigenvalue weighted by molar-refractivity contribution is 0.0692. The Morgan fingerprint density at radius 3 is 2.83 bits per heavy atom. The van der Waals surface area contributed by atoms with Crippen molar-refractivity contribution in [2.45, 2.75) is 0 Å². The standard InChI is InChI=1S/C11H8FN3O3/c12-8-5-6(1-2-7(8)11(17)18)15-9-10(16)14-4-3-13-9/h1-5H,(H,13,15)(H,14,16)(H,17,18). The molecule has 0 saturated heterocycles. The summed E-state index contributed by atoms with van der Waals surface area (Å²) >= 11 is 0. The first-order valence-corrected chi connectivity index (χ1v) is 4.91. The van der Waals surface area contributed by atoms with Crippen molar-refractivity contribution in [3.05, 3.63) is 52.3 Å². The van der Waals surface area contributed by atoms with Crippen molar-refractivity contribution >= 4 is 17.5 Å². The largest absolute Gasteiger partial charge is 0.478 e. The molecule has 2 aromatic rings. The number of rotatable bonds is 3. The zero-order valence-corrected chi connectivity index (χ0v) is 8.98. The molecule has 0 spiro atoms. The summed E-state index contributed by atoms with van der Waals surface area (Å²) in [5.41, 5.74) is -0.655. The molecule has 0 aliphatic heterocycles. The number of H-pyrrole nitrogens is 1. The van der Waals surface area contributed by atoms with Gasteiger partial charge in [-0.25, -0.2) is 14.2 Å². The Hall–Kier alpha value is -2.70. The molecule has 1 aromatic heterocycles. The van der Waals surface area contributed by atoms with Crippen molar-refractivity contribution in [3.63, 3.8) is 0 Å². The smallest absolute Gasteiger partial charge is 0.338 e. The maximum atomic E-state index is 13.4. The van der Waals surface area contributed by atoms with Gasteiger partial charge in [-0.1, -0.05) is 0 Å². The quantitative estimate of drug-likeness (QED) is 0.763. The van der Waals surface area contributed by atoms with E-state index in [0.29, 0.717) is 0 Å². The summed E-state index contributed by atoms with van der Waals surface area (Å²) in [7, 11) is 0. The second-order valence-corrected chi connectivity index (χ2v) is 3.39. The van der Waals surface area contributed by atoms with Crippen LogP contribution >= 0.6 is 0 Å². The molecule has 0 atom stereocenters. The molecule has 1 heterocycles. The molecule has 0 fully saturated rings. The molecule has 2 rings (SSSR count). The summed E-state index contributed by atoms with van der Waals surface area (Å²) in [6, 6.07) is 3.44. The summed E-state index contributed by atoms with van der Waals surface area (Å²) in [5.74, 6) is -2.24. The van der Waals surface area contributed by atoms with Gasteiger partial charge >= 0.3 is 5.97 Å². The number of carboxylic acid groups (broad SMARTS) is 1. The monoisotopic (exact) mass is 249 g/mol. The van der Waals surface area contributed by atoms with Gasteiger partial charge in [0, 0.05) is 18.1 Å². The molecule has 18 heavy (non-hydrogen) atoms. The first-order chi connectivity index (χ1) is 8.58. The maximum absolute atomic E-state index is 13.4. The Kier molecular flexibility index (Phi) is 3.05. The van der Waals surface area contributed by atoms with Gasteiger partial charge in [0.25, 0.3) is 5.56 Å². The lowest BCUT2D eigenvalue weighted by atomic mass is 10.2. The van der Waals surface area contributed by atoms with Crippen LogP contribution < -0.4 is 10.9 Å². The number of carbonyl (C=O) groups is 1. The molecule has 0 bridgehead atoms. The maximum Gasteiger partial charge on any atom is 0.338 e. The van der Waals surface area contributed by atoms with Gasteiger partial charge < -0.3 is 15.4 Å². The zero-order chi connectivity index (χ0) is 13.1. The molecular formula is C11H8FN3O3. The molecule has 92 valence electrons. The number of hydrogen-bond acceptors (Lipinski definition) is 4. The first-order valence-electron chi connectivity index (χ1n) is 4.91. The Balaban J connectivity index is 2.31. The number of anilines is 2. The highest BCUT2D eigenvalue weighted by atomic mass is 19.1. The lowest BCUT2D eigenvalue weighted by Gasteiger charge is -2.05. The van der Waals surface area contributed by atoms with Crippen molar-refractivity contribution in [1.82, 2.24) is 9.97 Å². The van der Waals surface area contributed by atoms with Gasteiger partial charge in [-0.15, -0.1) is 0 Å². The highest BCUT2D eigenvalue weighted by molar-refractivity contribution is 5.88. The van der Waals surface area contributed by atoms with E-state index in [2.05, 4.69) is 15.3 Å². The fraction of sp³-hybridized carbons (Fsp3) is 0. The van der Waals surface area contributed by atoms with Crippen LogP contribution in [0.5, 0.6) is 0 Å². The number of aromatic amines is 1. The number of nitrogens with one attached hydrogen (secondary N) is 2. The molecule has 7 heteroatoms. The van der Waals surface area contributed by atoms with E-state index in [0.717, 1.165) is 12.1 Å². The van der Waals surface area contributed by atoms with Crippen LogP contribution in [0.4, 0.5) is 15.9 Å². The molecule has 3 N–H and O–H groups in total. The average molecular weight is 249 g/mol. The molecule has 6 nitrogen and oxygen atoms in total. The van der Waals surface area contributed by atoms with Crippen molar-refractivity contribution in [2.75, 3.05) is 5.32 Å². The third-order valence-corrected chi connectivity index (χ3v) is 2.17. The van der Waals surface area contributed by atoms with Gasteiger partial charge in [-0.2, -0.15) is 0 Å². The normalized spacial score (nSPS) is 10.1. The number of aromatic carboxylic acids is 1. The van der Waals surface area contributed by atoms with Crippen LogP contribution in [0.25, 0.3) is 0 Å². The predicted molar refractivity (Wildman–Crippen MR) is 61.5 cm³/mol. The van der Waals surface area contributed by atoms with Gasteiger partial charge in [0.15, 0.2) is 5.82 Å². The van der Waals surface area contributed by atoms with E-state index in [9.17, 15) is 14.0 Å². The number of halogens is 1. The van der Waals surface area contributed by atoms with Gasteiger partial charge in [0.05, 0.1) is 5.56 Å². The fourth-order valence-corrected chi connectivity index (χ4v) is 1.34. The third kappa shape index (κ3) is 2.34. The van der Waals surface area contributed by atoms with Crippen LogP contribution in [0.15, 0.2) is 35.4 Å². The molecule has 1 aromatic carbocycles. The fourth-order valence-electron chi connectivity index (χ4n) is 1.34. The van der Waals surface area contributed by atoms with Gasteiger partial charge in [0.2, 0.25) is 0 Å². The van der Waals surface area contributed by atoms with E-state index in [1.54, 1.807) is 0 Å². The van der Waals surface area contributed by atoms with Crippen LogP contribution in [0, 0.1) is 5.82 Å². The van der Waals surface area contributed by atoms with Gasteiger partial charge in [-0.05, 0) is 18.2 Å². The highest BCUT2D eigenvalue weighted by Crippen LogP contribution is 2.16. The van der Waals surface area contributed by atoms with Crippen molar-refractivity contribution < 1.29 is 14.3 Å². The minimum absolute atomic E-state index is 0.0000231. The van der Waals surface area contributed by atoms with E-state index >= 15 is 0 Å². The summed E-state index contributed by atoms with van der Waals surface area (Å²) in [6.07, 6.45) is 2.73. The predicted octanol–water partition coefficient (Wildman–Crippen LogP) is 1.35. The summed E-state index contributed by atoms with van der Waals surface area (Å²) in [5, 5.41) is 11.3. The number of benzene rings is 1. The third-order valence-electron chi connectivity index (χ3n) is 2.17. The summed E-state index contributed by atoms with van der Waals surface area (Å²) in [6.45, 7) is 0. The van der Waals surface area contributed by atoms with Crippen LogP contribution in [0.3, 0.4) is 0 Å². The van der Waals surface area contributed by atoms with Gasteiger partial charge in [0.1, 0.15) is 5.82 Å². The lowest BCUT2D eigenvalue weighted by Crippen LogP contribution is -2.12. The Morgan fingerprint density at radius 2 is 2.22 bits per heavy atom. The minimum Gasteiger partial charge on any atom is -0.478 e. The minimum atomic E-state index is -1.35. The topological polar surface area (TPSA) is 95.1 Å². The number of hydrogen-bond donors (Lipinski definition) is 3. The molecule has 0 saturated carbocycles. The Morgan fingerprint density at radius 1 is 1.44 bits per heavy atom.